The molecule has 1 fully saturated rings. The van der Waals surface area contributed by atoms with Crippen molar-refractivity contribution < 1.29 is 9.13 Å². The van der Waals surface area contributed by atoms with Gasteiger partial charge < -0.3 is 15.8 Å². The lowest BCUT2D eigenvalue weighted by Gasteiger charge is -2.25. The van der Waals surface area contributed by atoms with Crippen molar-refractivity contribution in [2.75, 3.05) is 33.8 Å². The van der Waals surface area contributed by atoms with Crippen molar-refractivity contribution in [2.24, 2.45) is 16.6 Å². The van der Waals surface area contributed by atoms with Gasteiger partial charge in [-0.1, -0.05) is 29.8 Å². The summed E-state index contributed by atoms with van der Waals surface area (Å²) in [5, 5.41) is 3.32. The highest BCUT2D eigenvalue weighted by Gasteiger charge is 2.33. The molecule has 1 heterocycles. The number of hydrogen-bond acceptors (Lipinski definition) is 3. The van der Waals surface area contributed by atoms with E-state index < -0.39 is 0 Å². The van der Waals surface area contributed by atoms with Crippen molar-refractivity contribution in [1.29, 1.82) is 0 Å². The Balaban J connectivity index is 1.53. The van der Waals surface area contributed by atoms with Gasteiger partial charge in [-0.05, 0) is 67.7 Å². The molecule has 0 aliphatic carbocycles. The summed E-state index contributed by atoms with van der Waals surface area (Å²) in [7, 11) is 3.71. The SMILES string of the molecule is COc1ccc(CCNC(N)=NCC2CCN(C)C2c2ccc(Cl)c(F)c2)cc1. The molecule has 0 saturated carbocycles. The lowest BCUT2D eigenvalue weighted by Crippen LogP contribution is -2.34. The van der Waals surface area contributed by atoms with Crippen LogP contribution >= 0.6 is 11.6 Å². The summed E-state index contributed by atoms with van der Waals surface area (Å²) < 4.78 is 19.1. The van der Waals surface area contributed by atoms with Gasteiger partial charge in [0.2, 0.25) is 0 Å². The van der Waals surface area contributed by atoms with Crippen LogP contribution in [0.2, 0.25) is 5.02 Å². The van der Waals surface area contributed by atoms with Crippen LogP contribution in [0.25, 0.3) is 0 Å². The molecule has 0 radical (unpaired) electrons. The van der Waals surface area contributed by atoms with E-state index in [2.05, 4.69) is 22.3 Å². The van der Waals surface area contributed by atoms with Crippen LogP contribution < -0.4 is 15.8 Å². The average molecular weight is 419 g/mol. The molecule has 2 aromatic rings. The van der Waals surface area contributed by atoms with Crippen molar-refractivity contribution >= 4 is 17.6 Å². The van der Waals surface area contributed by atoms with Gasteiger partial charge in [-0.2, -0.15) is 0 Å². The molecule has 3 N–H and O–H groups in total. The number of aliphatic imine (C=N–C) groups is 1. The van der Waals surface area contributed by atoms with E-state index in [1.54, 1.807) is 13.2 Å². The third kappa shape index (κ3) is 5.61. The van der Waals surface area contributed by atoms with Crippen molar-refractivity contribution in [2.45, 2.75) is 18.9 Å². The Morgan fingerprint density at radius 2 is 2.07 bits per heavy atom. The highest BCUT2D eigenvalue weighted by molar-refractivity contribution is 6.30. The van der Waals surface area contributed by atoms with Gasteiger partial charge in [-0.3, -0.25) is 9.89 Å². The predicted molar refractivity (Wildman–Crippen MR) is 116 cm³/mol. The number of nitrogens with one attached hydrogen (secondary N) is 1. The number of rotatable bonds is 7. The second-order valence-electron chi connectivity index (χ2n) is 7.40. The van der Waals surface area contributed by atoms with Crippen molar-refractivity contribution in [1.82, 2.24) is 10.2 Å². The molecule has 2 aromatic carbocycles. The van der Waals surface area contributed by atoms with Gasteiger partial charge in [0.1, 0.15) is 11.6 Å². The van der Waals surface area contributed by atoms with Gasteiger partial charge in [-0.15, -0.1) is 0 Å². The number of benzene rings is 2. The first kappa shape index (κ1) is 21.4. The first-order valence-electron chi connectivity index (χ1n) is 9.80. The minimum atomic E-state index is -0.383. The van der Waals surface area contributed by atoms with Crippen molar-refractivity contribution in [3.63, 3.8) is 0 Å². The number of halogens is 2. The van der Waals surface area contributed by atoms with Crippen LogP contribution in [0.1, 0.15) is 23.6 Å². The Kier molecular flexibility index (Phi) is 7.34. The topological polar surface area (TPSA) is 62.9 Å². The fourth-order valence-corrected chi connectivity index (χ4v) is 3.96. The number of nitrogens with two attached hydrogens (primary N) is 1. The number of likely N-dealkylation sites (tertiary alicyclic amines) is 1. The fraction of sp³-hybridized carbons (Fsp3) is 0.409. The summed E-state index contributed by atoms with van der Waals surface area (Å²) in [6.45, 7) is 2.25. The molecular formula is C22H28ClFN4O. The van der Waals surface area contributed by atoms with E-state index in [9.17, 15) is 4.39 Å². The van der Waals surface area contributed by atoms with E-state index in [0.29, 0.717) is 19.0 Å². The Morgan fingerprint density at radius 1 is 1.31 bits per heavy atom. The molecule has 0 spiro atoms. The standard InChI is InChI=1S/C22H28ClFN4O/c1-28-12-10-17(21(28)16-5-8-19(23)20(24)13-16)14-27-22(25)26-11-9-15-3-6-18(29-2)7-4-15/h3-8,13,17,21H,9-12,14H2,1-2H3,(H3,25,26,27). The summed E-state index contributed by atoms with van der Waals surface area (Å²) >= 11 is 5.83. The molecule has 2 unspecified atom stereocenters. The summed E-state index contributed by atoms with van der Waals surface area (Å²) in [4.78, 5) is 6.76. The quantitative estimate of drug-likeness (QED) is 0.532. The zero-order valence-electron chi connectivity index (χ0n) is 16.9. The highest BCUT2D eigenvalue weighted by Crippen LogP contribution is 2.37. The Hall–Kier alpha value is -2.31. The van der Waals surface area contributed by atoms with Gasteiger partial charge in [0.05, 0.1) is 12.1 Å². The Bertz CT molecular complexity index is 843. The number of ether oxygens (including phenoxy) is 1. The summed E-state index contributed by atoms with van der Waals surface area (Å²) in [6.07, 6.45) is 1.84. The minimum Gasteiger partial charge on any atom is -0.497 e. The number of nitrogens with zero attached hydrogens (tertiary/aromatic N) is 2. The van der Waals surface area contributed by atoms with Gasteiger partial charge in [0.25, 0.3) is 0 Å². The first-order chi connectivity index (χ1) is 14.0. The van der Waals surface area contributed by atoms with E-state index >= 15 is 0 Å². The fourth-order valence-electron chi connectivity index (χ4n) is 3.84. The third-order valence-electron chi connectivity index (χ3n) is 5.43. The zero-order valence-corrected chi connectivity index (χ0v) is 17.6. The molecule has 29 heavy (non-hydrogen) atoms. The van der Waals surface area contributed by atoms with E-state index in [0.717, 1.165) is 30.7 Å². The predicted octanol–water partition coefficient (Wildman–Crippen LogP) is 3.63. The molecule has 5 nitrogen and oxygen atoms in total. The largest absolute Gasteiger partial charge is 0.497 e. The maximum atomic E-state index is 13.9. The molecule has 0 bridgehead atoms. The normalized spacial score (nSPS) is 20.1. The van der Waals surface area contributed by atoms with Crippen LogP contribution in [0.5, 0.6) is 5.75 Å². The summed E-state index contributed by atoms with van der Waals surface area (Å²) in [5.41, 5.74) is 8.18. The zero-order chi connectivity index (χ0) is 20.8. The van der Waals surface area contributed by atoms with E-state index in [1.165, 1.54) is 11.6 Å². The monoisotopic (exact) mass is 418 g/mol. The Labute approximate surface area is 176 Å². The number of hydrogen-bond donors (Lipinski definition) is 2. The maximum Gasteiger partial charge on any atom is 0.188 e. The van der Waals surface area contributed by atoms with Crippen LogP contribution in [-0.4, -0.2) is 44.7 Å². The first-order valence-corrected chi connectivity index (χ1v) is 10.2. The summed E-state index contributed by atoms with van der Waals surface area (Å²) in [6, 6.07) is 13.1. The maximum absolute atomic E-state index is 13.9. The lowest BCUT2D eigenvalue weighted by molar-refractivity contribution is 0.279. The molecule has 156 valence electrons. The molecule has 7 heteroatoms. The minimum absolute atomic E-state index is 0.109. The Morgan fingerprint density at radius 3 is 2.76 bits per heavy atom. The molecule has 1 saturated heterocycles. The van der Waals surface area contributed by atoms with Crippen LogP contribution in [0, 0.1) is 11.7 Å². The van der Waals surface area contributed by atoms with Crippen LogP contribution in [-0.2, 0) is 6.42 Å². The second kappa shape index (κ2) is 9.94. The van der Waals surface area contributed by atoms with E-state index in [4.69, 9.17) is 22.1 Å². The van der Waals surface area contributed by atoms with Gasteiger partial charge in [0, 0.05) is 19.1 Å². The molecule has 3 rings (SSSR count). The highest BCUT2D eigenvalue weighted by atomic mass is 35.5. The van der Waals surface area contributed by atoms with Crippen LogP contribution in [0.4, 0.5) is 4.39 Å². The molecule has 1 aliphatic rings. The van der Waals surface area contributed by atoms with Crippen LogP contribution in [0.15, 0.2) is 47.5 Å². The van der Waals surface area contributed by atoms with Gasteiger partial charge in [0.15, 0.2) is 5.96 Å². The second-order valence-corrected chi connectivity index (χ2v) is 7.81. The molecule has 1 aliphatic heterocycles. The molecule has 0 amide bonds. The van der Waals surface area contributed by atoms with Gasteiger partial charge in [-0.25, -0.2) is 4.39 Å². The third-order valence-corrected chi connectivity index (χ3v) is 5.74. The number of methoxy groups -OCH3 is 1. The molecular weight excluding hydrogens is 391 g/mol. The summed E-state index contributed by atoms with van der Waals surface area (Å²) in [5.74, 6) is 1.18. The smallest absolute Gasteiger partial charge is 0.188 e. The van der Waals surface area contributed by atoms with E-state index in [1.807, 2.05) is 30.3 Å². The lowest BCUT2D eigenvalue weighted by atomic mass is 9.94. The van der Waals surface area contributed by atoms with Gasteiger partial charge >= 0.3 is 0 Å². The van der Waals surface area contributed by atoms with Crippen LogP contribution in [0.3, 0.4) is 0 Å². The average Bonchev–Trinajstić information content (AvgIpc) is 3.09. The molecule has 2 atom stereocenters. The van der Waals surface area contributed by atoms with Crippen molar-refractivity contribution in [3.05, 3.63) is 64.4 Å². The molecule has 0 aromatic heterocycles. The van der Waals surface area contributed by atoms with E-state index in [-0.39, 0.29) is 22.8 Å². The van der Waals surface area contributed by atoms with Crippen molar-refractivity contribution in [3.8, 4) is 5.75 Å². The number of guanidine groups is 1.